The minimum atomic E-state index is -3.36. The molecule has 0 fully saturated rings. The van der Waals surface area contributed by atoms with Gasteiger partial charge in [0.15, 0.2) is 0 Å². The highest BCUT2D eigenvalue weighted by Gasteiger charge is 2.26. The zero-order chi connectivity index (χ0) is 15.4. The summed E-state index contributed by atoms with van der Waals surface area (Å²) in [5.74, 6) is -0.0415. The normalized spacial score (nSPS) is 12.3. The maximum atomic E-state index is 12.2. The third-order valence-corrected chi connectivity index (χ3v) is 5.31. The van der Waals surface area contributed by atoms with Gasteiger partial charge in [-0.2, -0.15) is 0 Å². The lowest BCUT2D eigenvalue weighted by Crippen LogP contribution is -2.45. The van der Waals surface area contributed by atoms with Gasteiger partial charge in [-0.15, -0.1) is 0 Å². The molecule has 0 aromatic heterocycles. The summed E-state index contributed by atoms with van der Waals surface area (Å²) in [5, 5.41) is 0. The van der Waals surface area contributed by atoms with E-state index in [4.69, 9.17) is 18.0 Å². The number of hydrogen-bond acceptors (Lipinski definition) is 3. The fourth-order valence-electron chi connectivity index (χ4n) is 1.79. The molecule has 1 aromatic rings. The van der Waals surface area contributed by atoms with E-state index in [2.05, 4.69) is 4.72 Å². The van der Waals surface area contributed by atoms with E-state index in [-0.39, 0.29) is 5.75 Å². The van der Waals surface area contributed by atoms with E-state index in [0.717, 1.165) is 18.4 Å². The molecule has 0 amide bonds. The Balaban J connectivity index is 2.83. The topological polar surface area (TPSA) is 72.2 Å². The Hall–Kier alpha value is -0.980. The number of sulfonamides is 1. The van der Waals surface area contributed by atoms with Crippen LogP contribution in [-0.2, 0) is 15.8 Å². The van der Waals surface area contributed by atoms with Crippen LogP contribution < -0.4 is 10.5 Å². The average molecular weight is 314 g/mol. The van der Waals surface area contributed by atoms with Crippen LogP contribution in [-0.4, -0.2) is 18.9 Å². The van der Waals surface area contributed by atoms with Crippen molar-refractivity contribution in [3.05, 3.63) is 35.4 Å². The van der Waals surface area contributed by atoms with Crippen molar-refractivity contribution in [3.63, 3.8) is 0 Å². The summed E-state index contributed by atoms with van der Waals surface area (Å²) in [5.41, 5.74) is 6.57. The van der Waals surface area contributed by atoms with Gasteiger partial charge in [-0.3, -0.25) is 0 Å². The highest BCUT2D eigenvalue weighted by molar-refractivity contribution is 7.88. The second-order valence-electron chi connectivity index (χ2n) is 5.19. The second-order valence-corrected chi connectivity index (χ2v) is 7.35. The largest absolute Gasteiger partial charge is 0.389 e. The van der Waals surface area contributed by atoms with Crippen molar-refractivity contribution in [2.45, 2.75) is 44.9 Å². The Bertz CT molecular complexity index is 561. The molecule has 4 nitrogen and oxygen atoms in total. The number of benzene rings is 1. The SMILES string of the molecule is CCC(C)(CC)NS(=O)(=O)Cc1ccc(C(N)=S)cc1. The lowest BCUT2D eigenvalue weighted by atomic mass is 9.98. The Morgan fingerprint density at radius 2 is 1.75 bits per heavy atom. The summed E-state index contributed by atoms with van der Waals surface area (Å²) >= 11 is 4.87. The summed E-state index contributed by atoms with van der Waals surface area (Å²) in [6, 6.07) is 6.96. The molecule has 0 unspecified atom stereocenters. The number of hydrogen-bond donors (Lipinski definition) is 2. The van der Waals surface area contributed by atoms with Crippen LogP contribution in [0.2, 0.25) is 0 Å². The highest BCUT2D eigenvalue weighted by Crippen LogP contribution is 2.17. The van der Waals surface area contributed by atoms with Crippen LogP contribution in [0.3, 0.4) is 0 Å². The van der Waals surface area contributed by atoms with Gasteiger partial charge in [0.1, 0.15) is 4.99 Å². The molecular formula is C14H22N2O2S2. The minimum absolute atomic E-state index is 0.0415. The monoisotopic (exact) mass is 314 g/mol. The molecule has 0 saturated heterocycles. The third-order valence-electron chi connectivity index (χ3n) is 3.56. The Morgan fingerprint density at radius 3 is 2.15 bits per heavy atom. The van der Waals surface area contributed by atoms with E-state index < -0.39 is 15.6 Å². The first-order valence-corrected chi connectivity index (χ1v) is 8.68. The molecule has 0 saturated carbocycles. The van der Waals surface area contributed by atoms with E-state index in [1.807, 2.05) is 20.8 Å². The van der Waals surface area contributed by atoms with E-state index in [1.165, 1.54) is 0 Å². The van der Waals surface area contributed by atoms with E-state index in [1.54, 1.807) is 24.3 Å². The molecule has 112 valence electrons. The first-order chi connectivity index (χ1) is 9.21. The number of nitrogens with two attached hydrogens (primary N) is 1. The maximum absolute atomic E-state index is 12.2. The average Bonchev–Trinajstić information content (AvgIpc) is 2.38. The smallest absolute Gasteiger partial charge is 0.216 e. The Morgan fingerprint density at radius 1 is 1.25 bits per heavy atom. The molecule has 0 spiro atoms. The second kappa shape index (κ2) is 6.65. The fourth-order valence-corrected chi connectivity index (χ4v) is 3.67. The van der Waals surface area contributed by atoms with Crippen molar-refractivity contribution in [2.24, 2.45) is 5.73 Å². The highest BCUT2D eigenvalue weighted by atomic mass is 32.2. The first kappa shape index (κ1) is 17.1. The molecule has 0 aliphatic heterocycles. The van der Waals surface area contributed by atoms with Crippen LogP contribution in [0, 0.1) is 0 Å². The lowest BCUT2D eigenvalue weighted by Gasteiger charge is -2.27. The van der Waals surface area contributed by atoms with Crippen molar-refractivity contribution in [1.82, 2.24) is 4.72 Å². The van der Waals surface area contributed by atoms with Gasteiger partial charge in [0, 0.05) is 11.1 Å². The van der Waals surface area contributed by atoms with E-state index in [0.29, 0.717) is 10.6 Å². The fraction of sp³-hybridized carbons (Fsp3) is 0.500. The molecule has 6 heteroatoms. The summed E-state index contributed by atoms with van der Waals surface area (Å²) < 4.78 is 27.2. The van der Waals surface area contributed by atoms with Gasteiger partial charge in [-0.05, 0) is 25.3 Å². The van der Waals surface area contributed by atoms with Gasteiger partial charge in [-0.25, -0.2) is 13.1 Å². The van der Waals surface area contributed by atoms with Gasteiger partial charge in [-0.1, -0.05) is 50.3 Å². The number of nitrogens with one attached hydrogen (secondary N) is 1. The third kappa shape index (κ3) is 4.85. The minimum Gasteiger partial charge on any atom is -0.389 e. The van der Waals surface area contributed by atoms with Crippen molar-refractivity contribution in [3.8, 4) is 0 Å². The molecule has 0 atom stereocenters. The first-order valence-electron chi connectivity index (χ1n) is 6.62. The number of thiocarbonyl (C=S) groups is 1. The van der Waals surface area contributed by atoms with Gasteiger partial charge < -0.3 is 5.73 Å². The molecule has 1 aromatic carbocycles. The maximum Gasteiger partial charge on any atom is 0.216 e. The zero-order valence-electron chi connectivity index (χ0n) is 12.1. The predicted molar refractivity (Wildman–Crippen MR) is 87.1 cm³/mol. The van der Waals surface area contributed by atoms with Gasteiger partial charge in [0.2, 0.25) is 10.0 Å². The van der Waals surface area contributed by atoms with Crippen LogP contribution in [0.1, 0.15) is 44.7 Å². The quantitative estimate of drug-likeness (QED) is 0.758. The molecule has 0 aliphatic carbocycles. The van der Waals surface area contributed by atoms with Crippen LogP contribution in [0.4, 0.5) is 0 Å². The molecule has 0 bridgehead atoms. The van der Waals surface area contributed by atoms with Crippen LogP contribution in [0.5, 0.6) is 0 Å². The molecule has 0 radical (unpaired) electrons. The summed E-state index contributed by atoms with van der Waals surface area (Å²) in [4.78, 5) is 0.307. The van der Waals surface area contributed by atoms with Crippen molar-refractivity contribution < 1.29 is 8.42 Å². The van der Waals surface area contributed by atoms with Crippen molar-refractivity contribution in [1.29, 1.82) is 0 Å². The molecule has 20 heavy (non-hydrogen) atoms. The standard InChI is InChI=1S/C14H22N2O2S2/c1-4-14(3,5-2)16-20(17,18)10-11-6-8-12(9-7-11)13(15)19/h6-9,16H,4-5,10H2,1-3H3,(H2,15,19). The van der Waals surface area contributed by atoms with Crippen LogP contribution >= 0.6 is 12.2 Å². The predicted octanol–water partition coefficient (Wildman–Crippen LogP) is 2.32. The van der Waals surface area contributed by atoms with Crippen molar-refractivity contribution in [2.75, 3.05) is 0 Å². The Kier molecular flexibility index (Phi) is 5.68. The molecule has 1 rings (SSSR count). The van der Waals surface area contributed by atoms with Crippen molar-refractivity contribution >= 4 is 27.2 Å². The van der Waals surface area contributed by atoms with Gasteiger partial charge in [0.25, 0.3) is 0 Å². The lowest BCUT2D eigenvalue weighted by molar-refractivity contribution is 0.388. The van der Waals surface area contributed by atoms with E-state index in [9.17, 15) is 8.42 Å². The number of rotatable bonds is 7. The summed E-state index contributed by atoms with van der Waals surface area (Å²) in [6.07, 6.45) is 1.51. The van der Waals surface area contributed by atoms with Crippen LogP contribution in [0.15, 0.2) is 24.3 Å². The van der Waals surface area contributed by atoms with Gasteiger partial charge >= 0.3 is 0 Å². The van der Waals surface area contributed by atoms with E-state index >= 15 is 0 Å². The molecule has 0 aliphatic rings. The summed E-state index contributed by atoms with van der Waals surface area (Å²) in [7, 11) is -3.36. The van der Waals surface area contributed by atoms with Gasteiger partial charge in [0.05, 0.1) is 5.75 Å². The van der Waals surface area contributed by atoms with Crippen LogP contribution in [0.25, 0.3) is 0 Å². The molecule has 3 N–H and O–H groups in total. The Labute approximate surface area is 126 Å². The molecular weight excluding hydrogens is 292 g/mol. The summed E-state index contributed by atoms with van der Waals surface area (Å²) in [6.45, 7) is 5.87. The molecule has 0 heterocycles. The zero-order valence-corrected chi connectivity index (χ0v) is 13.8.